The van der Waals surface area contributed by atoms with Crippen molar-refractivity contribution in [3.63, 3.8) is 0 Å². The largest absolute Gasteiger partial charge is 0.458 e. The molecule has 5 heteroatoms. The normalized spacial score (nSPS) is 10.4. The number of hydrogen-bond acceptors (Lipinski definition) is 3. The molecule has 3 nitrogen and oxygen atoms in total. The molecule has 14 heavy (non-hydrogen) atoms. The summed E-state index contributed by atoms with van der Waals surface area (Å²) in [5.74, 6) is -3.16. The van der Waals surface area contributed by atoms with Crippen molar-refractivity contribution in [2.24, 2.45) is 0 Å². The lowest BCUT2D eigenvalue weighted by atomic mass is 10.3. The van der Waals surface area contributed by atoms with Crippen LogP contribution in [0.5, 0.6) is 0 Å². The number of ether oxygens (including phenoxy) is 1. The number of aromatic nitrogens is 1. The number of pyridine rings is 1. The molecule has 0 amide bonds. The first kappa shape index (κ1) is 10.6. The number of nitrogens with zero attached hydrogens (tertiary/aromatic N) is 1. The van der Waals surface area contributed by atoms with Gasteiger partial charge in [0.1, 0.15) is 0 Å². The van der Waals surface area contributed by atoms with Crippen LogP contribution in [-0.4, -0.2) is 17.1 Å². The summed E-state index contributed by atoms with van der Waals surface area (Å²) in [6.07, 6.45) is -0.322. The van der Waals surface area contributed by atoms with Crippen LogP contribution < -0.4 is 0 Å². The number of rotatable bonds is 2. The molecular weight excluding hydrogens is 192 g/mol. The van der Waals surface area contributed by atoms with Gasteiger partial charge in [0, 0.05) is 0 Å². The topological polar surface area (TPSA) is 39.2 Å². The van der Waals surface area contributed by atoms with Gasteiger partial charge in [0.15, 0.2) is 11.5 Å². The monoisotopic (exact) mass is 201 g/mol. The first-order valence-electron chi connectivity index (χ1n) is 4.03. The van der Waals surface area contributed by atoms with Gasteiger partial charge in [-0.2, -0.15) is 4.39 Å². The fourth-order valence-electron chi connectivity index (χ4n) is 0.805. The summed E-state index contributed by atoms with van der Waals surface area (Å²) in [6.45, 7) is 3.30. The summed E-state index contributed by atoms with van der Waals surface area (Å²) >= 11 is 0. The maximum atomic E-state index is 12.6. The van der Waals surface area contributed by atoms with Crippen LogP contribution in [0.2, 0.25) is 0 Å². The van der Waals surface area contributed by atoms with Crippen molar-refractivity contribution in [3.8, 4) is 0 Å². The molecule has 0 N–H and O–H groups in total. The summed E-state index contributed by atoms with van der Waals surface area (Å²) in [5, 5.41) is 0. The Bertz CT molecular complexity index is 353. The molecule has 1 aromatic rings. The smallest absolute Gasteiger partial charge is 0.357 e. The van der Waals surface area contributed by atoms with Crippen molar-refractivity contribution in [2.45, 2.75) is 20.0 Å². The molecule has 0 aliphatic rings. The van der Waals surface area contributed by atoms with Crippen LogP contribution in [0.15, 0.2) is 12.1 Å². The summed E-state index contributed by atoms with van der Waals surface area (Å²) in [5.41, 5.74) is -0.238. The van der Waals surface area contributed by atoms with Gasteiger partial charge in [-0.3, -0.25) is 0 Å². The Hall–Kier alpha value is -1.52. The van der Waals surface area contributed by atoms with Crippen molar-refractivity contribution in [1.82, 2.24) is 4.98 Å². The number of carbonyl (C=O) groups is 1. The molecule has 0 aromatic carbocycles. The lowest BCUT2D eigenvalue weighted by Gasteiger charge is -2.06. The maximum absolute atomic E-state index is 12.6. The minimum Gasteiger partial charge on any atom is -0.458 e. The number of hydrogen-bond donors (Lipinski definition) is 0. The Kier molecular flexibility index (Phi) is 3.11. The zero-order valence-corrected chi connectivity index (χ0v) is 7.75. The van der Waals surface area contributed by atoms with Gasteiger partial charge in [-0.1, -0.05) is 0 Å². The van der Waals surface area contributed by atoms with E-state index in [9.17, 15) is 13.6 Å². The van der Waals surface area contributed by atoms with E-state index in [1.165, 1.54) is 0 Å². The first-order valence-corrected chi connectivity index (χ1v) is 4.03. The van der Waals surface area contributed by atoms with Gasteiger partial charge in [-0.15, -0.1) is 0 Å². The Morgan fingerprint density at radius 1 is 1.43 bits per heavy atom. The van der Waals surface area contributed by atoms with Gasteiger partial charge in [-0.25, -0.2) is 14.2 Å². The standard InChI is InChI=1S/C9H9F2NO2/c1-5(2)14-9(13)7-4-3-6(10)8(11)12-7/h3-5H,1-2H3. The second kappa shape index (κ2) is 4.13. The van der Waals surface area contributed by atoms with Crippen LogP contribution in [0.3, 0.4) is 0 Å². The Balaban J connectivity index is 2.86. The molecule has 0 aliphatic heterocycles. The van der Waals surface area contributed by atoms with E-state index in [1.54, 1.807) is 13.8 Å². The van der Waals surface area contributed by atoms with Gasteiger partial charge < -0.3 is 4.74 Å². The van der Waals surface area contributed by atoms with Crippen LogP contribution >= 0.6 is 0 Å². The molecule has 0 atom stereocenters. The van der Waals surface area contributed by atoms with Crippen LogP contribution in [0.25, 0.3) is 0 Å². The number of esters is 1. The third kappa shape index (κ3) is 2.48. The van der Waals surface area contributed by atoms with E-state index in [0.29, 0.717) is 0 Å². The predicted octanol–water partition coefficient (Wildman–Crippen LogP) is 1.93. The Labute approximate surface area is 79.7 Å². The lowest BCUT2D eigenvalue weighted by Crippen LogP contribution is -2.13. The Morgan fingerprint density at radius 3 is 2.57 bits per heavy atom. The first-order chi connectivity index (χ1) is 6.50. The quantitative estimate of drug-likeness (QED) is 0.542. The van der Waals surface area contributed by atoms with Gasteiger partial charge in [0.2, 0.25) is 5.95 Å². The van der Waals surface area contributed by atoms with Crippen molar-refractivity contribution >= 4 is 5.97 Å². The van der Waals surface area contributed by atoms with Gasteiger partial charge in [0.25, 0.3) is 0 Å². The summed E-state index contributed by atoms with van der Waals surface area (Å²) in [6, 6.07) is 1.91. The molecule has 0 radical (unpaired) electrons. The molecule has 1 heterocycles. The summed E-state index contributed by atoms with van der Waals surface area (Å²) in [7, 11) is 0. The van der Waals surface area contributed by atoms with E-state index in [1.807, 2.05) is 0 Å². The van der Waals surface area contributed by atoms with Crippen molar-refractivity contribution in [1.29, 1.82) is 0 Å². The highest BCUT2D eigenvalue weighted by Crippen LogP contribution is 2.06. The van der Waals surface area contributed by atoms with Crippen LogP contribution in [0.1, 0.15) is 24.3 Å². The lowest BCUT2D eigenvalue weighted by molar-refractivity contribution is 0.0369. The highest BCUT2D eigenvalue weighted by atomic mass is 19.2. The van der Waals surface area contributed by atoms with E-state index in [-0.39, 0.29) is 11.8 Å². The Morgan fingerprint density at radius 2 is 2.07 bits per heavy atom. The molecule has 1 rings (SSSR count). The highest BCUT2D eigenvalue weighted by molar-refractivity contribution is 5.87. The SMILES string of the molecule is CC(C)OC(=O)c1ccc(F)c(F)n1. The van der Waals surface area contributed by atoms with E-state index < -0.39 is 17.7 Å². The van der Waals surface area contributed by atoms with E-state index in [2.05, 4.69) is 4.98 Å². The van der Waals surface area contributed by atoms with Crippen LogP contribution in [0.4, 0.5) is 8.78 Å². The fourth-order valence-corrected chi connectivity index (χ4v) is 0.805. The van der Waals surface area contributed by atoms with Crippen LogP contribution in [0, 0.1) is 11.8 Å². The third-order valence-corrected chi connectivity index (χ3v) is 1.36. The highest BCUT2D eigenvalue weighted by Gasteiger charge is 2.13. The molecule has 0 spiro atoms. The molecule has 0 unspecified atom stereocenters. The molecular formula is C9H9F2NO2. The van der Waals surface area contributed by atoms with Gasteiger partial charge in [-0.05, 0) is 26.0 Å². The number of halogens is 2. The average Bonchev–Trinajstić information content (AvgIpc) is 2.08. The molecule has 0 saturated heterocycles. The van der Waals surface area contributed by atoms with Gasteiger partial charge in [0.05, 0.1) is 6.10 Å². The predicted molar refractivity (Wildman–Crippen MR) is 44.7 cm³/mol. The molecule has 0 fully saturated rings. The minimum absolute atomic E-state index is 0.238. The second-order valence-electron chi connectivity index (χ2n) is 2.92. The van der Waals surface area contributed by atoms with E-state index in [4.69, 9.17) is 4.74 Å². The van der Waals surface area contributed by atoms with Crippen LogP contribution in [-0.2, 0) is 4.74 Å². The second-order valence-corrected chi connectivity index (χ2v) is 2.92. The zero-order chi connectivity index (χ0) is 10.7. The molecule has 1 aromatic heterocycles. The van der Waals surface area contributed by atoms with E-state index in [0.717, 1.165) is 12.1 Å². The van der Waals surface area contributed by atoms with Crippen molar-refractivity contribution < 1.29 is 18.3 Å². The molecule has 0 saturated carbocycles. The molecule has 0 aliphatic carbocycles. The van der Waals surface area contributed by atoms with Gasteiger partial charge >= 0.3 is 5.97 Å². The molecule has 0 bridgehead atoms. The van der Waals surface area contributed by atoms with Crippen molar-refractivity contribution in [3.05, 3.63) is 29.6 Å². The average molecular weight is 201 g/mol. The summed E-state index contributed by atoms with van der Waals surface area (Å²) in [4.78, 5) is 14.3. The number of carbonyl (C=O) groups excluding carboxylic acids is 1. The van der Waals surface area contributed by atoms with Crippen molar-refractivity contribution in [2.75, 3.05) is 0 Å². The molecule has 76 valence electrons. The van der Waals surface area contributed by atoms with E-state index >= 15 is 0 Å². The maximum Gasteiger partial charge on any atom is 0.357 e. The fraction of sp³-hybridized carbons (Fsp3) is 0.333. The summed E-state index contributed by atoms with van der Waals surface area (Å²) < 4.78 is 29.8. The minimum atomic E-state index is -1.30. The third-order valence-electron chi connectivity index (χ3n) is 1.36. The zero-order valence-electron chi connectivity index (χ0n) is 7.75.